The van der Waals surface area contributed by atoms with Crippen molar-refractivity contribution in [3.8, 4) is 5.75 Å². The van der Waals surface area contributed by atoms with Crippen LogP contribution in [0.4, 0.5) is 13.2 Å². The summed E-state index contributed by atoms with van der Waals surface area (Å²) in [5, 5.41) is 18.7. The number of carboxylic acid groups (broad SMARTS) is 1. The van der Waals surface area contributed by atoms with Crippen molar-refractivity contribution in [3.63, 3.8) is 0 Å². The molecule has 1 amide bonds. The lowest BCUT2D eigenvalue weighted by atomic mass is 9.83. The SMILES string of the molecule is Cc1c2ccc3c1nnn3CCCCCCc1ccc(cc1OC(F)(F)F)C(=O)N1CCc3ccc(cc3C1)[C@@H]2CC(=O)O. The van der Waals surface area contributed by atoms with E-state index in [2.05, 4.69) is 15.0 Å². The van der Waals surface area contributed by atoms with Crippen LogP contribution < -0.4 is 4.74 Å². The minimum atomic E-state index is -4.88. The molecular weight excluding hydrogens is 573 g/mol. The number of aryl methyl sites for hydroxylation is 3. The molecule has 4 aromatic rings. The number of hydrogen-bond acceptors (Lipinski definition) is 5. The highest BCUT2D eigenvalue weighted by molar-refractivity contribution is 5.95. The van der Waals surface area contributed by atoms with E-state index in [1.807, 2.05) is 41.9 Å². The van der Waals surface area contributed by atoms with Gasteiger partial charge in [0.1, 0.15) is 11.3 Å². The number of alkyl halides is 3. The molecule has 44 heavy (non-hydrogen) atoms. The average molecular weight is 607 g/mol. The molecule has 0 saturated carbocycles. The Morgan fingerprint density at radius 3 is 2.57 bits per heavy atom. The third-order valence-electron chi connectivity index (χ3n) is 8.77. The van der Waals surface area contributed by atoms with Gasteiger partial charge in [-0.15, -0.1) is 18.3 Å². The van der Waals surface area contributed by atoms with E-state index in [1.54, 1.807) is 17.0 Å². The molecule has 1 N–H and O–H groups in total. The first-order valence-corrected chi connectivity index (χ1v) is 14.9. The molecule has 8 nitrogen and oxygen atoms in total. The Labute approximate surface area is 252 Å². The molecule has 0 unspecified atom stereocenters. The number of hydrogen-bond donors (Lipinski definition) is 1. The summed E-state index contributed by atoms with van der Waals surface area (Å²) >= 11 is 0. The molecule has 6 heterocycles. The highest BCUT2D eigenvalue weighted by Crippen LogP contribution is 2.36. The summed E-state index contributed by atoms with van der Waals surface area (Å²) in [4.78, 5) is 27.2. The maximum Gasteiger partial charge on any atom is 0.573 e. The lowest BCUT2D eigenvalue weighted by Crippen LogP contribution is -2.36. The second-order valence-electron chi connectivity index (χ2n) is 11.6. The van der Waals surface area contributed by atoms with Gasteiger partial charge in [0.25, 0.3) is 5.91 Å². The Morgan fingerprint density at radius 2 is 1.77 bits per heavy atom. The molecule has 230 valence electrons. The summed E-state index contributed by atoms with van der Waals surface area (Å²) in [6.07, 6.45) is -0.923. The minimum absolute atomic E-state index is 0.129. The van der Waals surface area contributed by atoms with E-state index in [4.69, 9.17) is 0 Å². The monoisotopic (exact) mass is 606 g/mol. The van der Waals surface area contributed by atoms with E-state index in [-0.39, 0.29) is 30.2 Å². The number of aliphatic carboxylic acids is 1. The van der Waals surface area contributed by atoms with E-state index in [0.29, 0.717) is 37.9 Å². The maximum absolute atomic E-state index is 13.6. The number of carboxylic acids is 1. The van der Waals surface area contributed by atoms with Crippen molar-refractivity contribution >= 4 is 22.9 Å². The summed E-state index contributed by atoms with van der Waals surface area (Å²) in [6, 6.07) is 14.1. The van der Waals surface area contributed by atoms with Gasteiger partial charge in [0, 0.05) is 31.1 Å². The fourth-order valence-electron chi connectivity index (χ4n) is 6.50. The van der Waals surface area contributed by atoms with Crippen molar-refractivity contribution in [2.24, 2.45) is 0 Å². The van der Waals surface area contributed by atoms with Crippen LogP contribution in [-0.4, -0.2) is 49.8 Å². The van der Waals surface area contributed by atoms with Crippen LogP contribution in [0, 0.1) is 6.92 Å². The summed E-state index contributed by atoms with van der Waals surface area (Å²) in [5.41, 5.74) is 6.63. The molecule has 3 aromatic carbocycles. The number of aromatic nitrogens is 3. The Hall–Kier alpha value is -4.41. The molecular formula is C33H33F3N4O4. The quantitative estimate of drug-likeness (QED) is 0.284. The van der Waals surface area contributed by atoms with Gasteiger partial charge in [-0.2, -0.15) is 0 Å². The first kappa shape index (κ1) is 29.7. The second-order valence-corrected chi connectivity index (χ2v) is 11.6. The number of nitrogens with zero attached hydrogens (tertiary/aromatic N) is 4. The zero-order valence-electron chi connectivity index (χ0n) is 24.4. The fourth-order valence-corrected chi connectivity index (χ4v) is 6.50. The number of carbonyl (C=O) groups is 2. The molecule has 11 heteroatoms. The van der Waals surface area contributed by atoms with Gasteiger partial charge >= 0.3 is 12.3 Å². The Morgan fingerprint density at radius 1 is 0.977 bits per heavy atom. The van der Waals surface area contributed by atoms with Crippen molar-refractivity contribution in [1.29, 1.82) is 0 Å². The molecule has 0 fully saturated rings. The highest BCUT2D eigenvalue weighted by Gasteiger charge is 2.33. The van der Waals surface area contributed by atoms with Gasteiger partial charge < -0.3 is 14.7 Å². The van der Waals surface area contributed by atoms with Crippen LogP contribution in [0.5, 0.6) is 5.75 Å². The molecule has 0 aliphatic carbocycles. The number of ether oxygens (including phenoxy) is 1. The van der Waals surface area contributed by atoms with Gasteiger partial charge in [-0.3, -0.25) is 9.59 Å². The summed E-state index contributed by atoms with van der Waals surface area (Å²) in [7, 11) is 0. The summed E-state index contributed by atoms with van der Waals surface area (Å²) in [5.74, 6) is -2.11. The Kier molecular flexibility index (Phi) is 8.04. The molecule has 0 radical (unpaired) electrons. The van der Waals surface area contributed by atoms with Crippen LogP contribution in [0.25, 0.3) is 11.0 Å². The van der Waals surface area contributed by atoms with E-state index in [9.17, 15) is 27.9 Å². The Balaban J connectivity index is 1.41. The number of amides is 1. The van der Waals surface area contributed by atoms with Crippen molar-refractivity contribution in [2.75, 3.05) is 6.54 Å². The van der Waals surface area contributed by atoms with Crippen LogP contribution in [-0.2, 0) is 30.7 Å². The molecule has 9 bridgehead atoms. The van der Waals surface area contributed by atoms with Gasteiger partial charge in [0.2, 0.25) is 0 Å². The van der Waals surface area contributed by atoms with Crippen LogP contribution >= 0.6 is 0 Å². The first-order valence-electron chi connectivity index (χ1n) is 14.9. The standard InChI is InChI=1S/C33H33F3N4O4/c1-20-26-11-12-28-31(20)37-38-40(28)14-5-3-2-4-6-22-8-10-24(17-29(22)44-33(34,35)36)32(43)39-15-13-21-7-9-23(16-25(21)19-39)27(26)18-30(41)42/h7-12,16-17,27H,2-6,13-15,18-19H2,1H3,(H,41,42)/t27-/m0/s1. The molecule has 0 spiro atoms. The number of rotatable bonds is 3. The van der Waals surface area contributed by atoms with Crippen LogP contribution in [0.1, 0.15) is 81.8 Å². The van der Waals surface area contributed by atoms with Crippen molar-refractivity contribution in [3.05, 3.63) is 87.5 Å². The molecule has 1 atom stereocenters. The predicted octanol–water partition coefficient (Wildman–Crippen LogP) is 6.56. The molecule has 0 saturated heterocycles. The third kappa shape index (κ3) is 6.13. The smallest absolute Gasteiger partial charge is 0.481 e. The molecule has 5 aliphatic heterocycles. The van der Waals surface area contributed by atoms with Gasteiger partial charge in [0.05, 0.1) is 11.9 Å². The van der Waals surface area contributed by atoms with Gasteiger partial charge in [-0.05, 0) is 84.2 Å². The predicted molar refractivity (Wildman–Crippen MR) is 157 cm³/mol. The summed E-state index contributed by atoms with van der Waals surface area (Å²) in [6.45, 7) is 3.25. The zero-order chi connectivity index (χ0) is 31.0. The van der Waals surface area contributed by atoms with Gasteiger partial charge in [0.15, 0.2) is 0 Å². The molecule has 1 aromatic heterocycles. The normalized spacial score (nSPS) is 17.7. The third-order valence-corrected chi connectivity index (χ3v) is 8.77. The number of carbonyl (C=O) groups excluding carboxylic acids is 1. The summed E-state index contributed by atoms with van der Waals surface area (Å²) < 4.78 is 46.2. The number of halogens is 3. The molecule has 9 rings (SSSR count). The van der Waals surface area contributed by atoms with E-state index in [1.165, 1.54) is 6.07 Å². The number of benzene rings is 3. The first-order chi connectivity index (χ1) is 21.1. The zero-order valence-corrected chi connectivity index (χ0v) is 24.4. The van der Waals surface area contributed by atoms with Gasteiger partial charge in [-0.25, -0.2) is 4.68 Å². The average Bonchev–Trinajstić information content (AvgIpc) is 3.40. The van der Waals surface area contributed by atoms with Crippen LogP contribution in [0.15, 0.2) is 48.5 Å². The van der Waals surface area contributed by atoms with Crippen LogP contribution in [0.2, 0.25) is 0 Å². The highest BCUT2D eigenvalue weighted by atomic mass is 19.4. The lowest BCUT2D eigenvalue weighted by Gasteiger charge is -2.30. The van der Waals surface area contributed by atoms with Gasteiger partial charge in [-0.1, -0.05) is 48.4 Å². The van der Waals surface area contributed by atoms with E-state index >= 15 is 0 Å². The van der Waals surface area contributed by atoms with Crippen molar-refractivity contribution < 1.29 is 32.6 Å². The van der Waals surface area contributed by atoms with Crippen molar-refractivity contribution in [2.45, 2.75) is 77.2 Å². The fraction of sp³-hybridized carbons (Fsp3) is 0.394. The van der Waals surface area contributed by atoms with Crippen LogP contribution in [0.3, 0.4) is 0 Å². The largest absolute Gasteiger partial charge is 0.573 e. The Bertz CT molecular complexity index is 1730. The maximum atomic E-state index is 13.6. The lowest BCUT2D eigenvalue weighted by molar-refractivity contribution is -0.274. The topological polar surface area (TPSA) is 97.5 Å². The minimum Gasteiger partial charge on any atom is -0.481 e. The van der Waals surface area contributed by atoms with Crippen molar-refractivity contribution in [1.82, 2.24) is 19.9 Å². The second kappa shape index (κ2) is 11.9. The molecule has 5 aliphatic rings. The van der Waals surface area contributed by atoms with E-state index in [0.717, 1.165) is 58.1 Å². The van der Waals surface area contributed by atoms with E-state index < -0.39 is 18.2 Å².